The highest BCUT2D eigenvalue weighted by Crippen LogP contribution is 2.39. The average molecular weight is 430 g/mol. The number of phenolic OH excluding ortho intramolecular Hbond substituents is 1. The molecule has 0 radical (unpaired) electrons. The lowest BCUT2D eigenvalue weighted by molar-refractivity contribution is 0.0708. The molecule has 140 valence electrons. The highest BCUT2D eigenvalue weighted by Gasteiger charge is 2.30. The Bertz CT molecular complexity index is 736. The number of sulfonamides is 1. The third-order valence-corrected chi connectivity index (χ3v) is 6.67. The zero-order chi connectivity index (χ0) is 18.8. The van der Waals surface area contributed by atoms with Gasteiger partial charge >= 0.3 is 0 Å². The number of benzene rings is 1. The quantitative estimate of drug-likeness (QED) is 0.703. The van der Waals surface area contributed by atoms with Gasteiger partial charge < -0.3 is 10.0 Å². The summed E-state index contributed by atoms with van der Waals surface area (Å²) in [5.74, 6) is -0.815. The number of aromatic hydroxyl groups is 1. The first-order valence-electron chi connectivity index (χ1n) is 7.82. The first-order chi connectivity index (χ1) is 11.7. The summed E-state index contributed by atoms with van der Waals surface area (Å²) >= 11 is 17.8. The fourth-order valence-electron chi connectivity index (χ4n) is 2.72. The molecule has 0 saturated carbocycles. The normalized spacial score (nSPS) is 16.2. The van der Waals surface area contributed by atoms with Crippen LogP contribution in [-0.2, 0) is 10.0 Å². The van der Waals surface area contributed by atoms with Gasteiger partial charge in [-0.15, -0.1) is 0 Å². The molecule has 0 unspecified atom stereocenters. The molecule has 10 heteroatoms. The first kappa shape index (κ1) is 20.6. The SMILES string of the molecule is CCCS(=O)(=O)NC1CCN(C(=O)c2c(O)c(Cl)cc(Cl)c2Cl)CC1. The number of carbonyl (C=O) groups excluding carboxylic acids is 1. The standard InChI is InChI=1S/C15H19Cl3N2O4S/c1-2-7-25(23,24)19-9-3-5-20(6-4-9)15(22)12-13(18)10(16)8-11(17)14(12)21/h8-9,19,21H,2-7H2,1H3. The van der Waals surface area contributed by atoms with E-state index in [-0.39, 0.29) is 32.4 Å². The van der Waals surface area contributed by atoms with E-state index in [0.717, 1.165) is 0 Å². The summed E-state index contributed by atoms with van der Waals surface area (Å²) in [5.41, 5.74) is -0.135. The van der Waals surface area contributed by atoms with Gasteiger partial charge in [0, 0.05) is 19.1 Å². The van der Waals surface area contributed by atoms with Gasteiger partial charge in [-0.3, -0.25) is 4.79 Å². The van der Waals surface area contributed by atoms with E-state index in [4.69, 9.17) is 34.8 Å². The van der Waals surface area contributed by atoms with E-state index in [1.807, 2.05) is 0 Å². The maximum Gasteiger partial charge on any atom is 0.259 e. The molecule has 1 aliphatic heterocycles. The van der Waals surface area contributed by atoms with E-state index in [0.29, 0.717) is 32.4 Å². The van der Waals surface area contributed by atoms with Crippen LogP contribution in [-0.4, -0.2) is 49.2 Å². The van der Waals surface area contributed by atoms with Crippen LogP contribution in [0, 0.1) is 0 Å². The number of carbonyl (C=O) groups is 1. The van der Waals surface area contributed by atoms with Gasteiger partial charge in [0.25, 0.3) is 5.91 Å². The van der Waals surface area contributed by atoms with E-state index in [2.05, 4.69) is 4.72 Å². The van der Waals surface area contributed by atoms with Crippen LogP contribution >= 0.6 is 34.8 Å². The summed E-state index contributed by atoms with van der Waals surface area (Å²) in [5, 5.41) is 10.0. The highest BCUT2D eigenvalue weighted by atomic mass is 35.5. The number of nitrogens with zero attached hydrogens (tertiary/aromatic N) is 1. The summed E-state index contributed by atoms with van der Waals surface area (Å²) < 4.78 is 26.3. The lowest BCUT2D eigenvalue weighted by Gasteiger charge is -2.32. The summed E-state index contributed by atoms with van der Waals surface area (Å²) in [6.45, 7) is 2.46. The van der Waals surface area contributed by atoms with Gasteiger partial charge in [-0.1, -0.05) is 41.7 Å². The van der Waals surface area contributed by atoms with Crippen molar-refractivity contribution in [2.75, 3.05) is 18.8 Å². The summed E-state index contributed by atoms with van der Waals surface area (Å²) in [7, 11) is -3.30. The molecular weight excluding hydrogens is 411 g/mol. The second kappa shape index (κ2) is 8.31. The van der Waals surface area contributed by atoms with Gasteiger partial charge in [0.2, 0.25) is 10.0 Å². The largest absolute Gasteiger partial charge is 0.505 e. The Labute approximate surface area is 162 Å². The molecule has 1 fully saturated rings. The van der Waals surface area contributed by atoms with E-state index in [9.17, 15) is 18.3 Å². The van der Waals surface area contributed by atoms with Gasteiger partial charge in [0.05, 0.1) is 20.8 Å². The molecule has 0 aromatic heterocycles. The lowest BCUT2D eigenvalue weighted by Crippen LogP contribution is -2.47. The number of amides is 1. The molecule has 1 aromatic carbocycles. The Morgan fingerprint density at radius 2 is 1.88 bits per heavy atom. The topological polar surface area (TPSA) is 86.7 Å². The summed E-state index contributed by atoms with van der Waals surface area (Å²) in [6.07, 6.45) is 1.49. The zero-order valence-corrected chi connectivity index (χ0v) is 16.6. The fourth-order valence-corrected chi connectivity index (χ4v) is 4.81. The van der Waals surface area contributed by atoms with Crippen LogP contribution < -0.4 is 4.72 Å². The number of halogens is 3. The van der Waals surface area contributed by atoms with Gasteiger partial charge in [-0.05, 0) is 25.3 Å². The molecule has 1 aliphatic rings. The van der Waals surface area contributed by atoms with Crippen LogP contribution in [0.15, 0.2) is 6.07 Å². The molecule has 1 saturated heterocycles. The minimum atomic E-state index is -3.30. The molecular formula is C15H19Cl3N2O4S. The Hall–Kier alpha value is -0.730. The van der Waals surface area contributed by atoms with Crippen LogP contribution in [0.2, 0.25) is 15.1 Å². The predicted molar refractivity (Wildman–Crippen MR) is 99.3 cm³/mol. The average Bonchev–Trinajstić information content (AvgIpc) is 2.53. The first-order valence-corrected chi connectivity index (χ1v) is 10.6. The summed E-state index contributed by atoms with van der Waals surface area (Å²) in [6, 6.07) is 1.05. The third-order valence-electron chi connectivity index (χ3n) is 3.96. The van der Waals surface area contributed by atoms with Gasteiger partial charge in [0.15, 0.2) is 0 Å². The van der Waals surface area contributed by atoms with E-state index < -0.39 is 21.7 Å². The number of phenols is 1. The zero-order valence-electron chi connectivity index (χ0n) is 13.6. The number of nitrogens with one attached hydrogen (secondary N) is 1. The lowest BCUT2D eigenvalue weighted by atomic mass is 10.0. The number of likely N-dealkylation sites (tertiary alicyclic amines) is 1. The highest BCUT2D eigenvalue weighted by molar-refractivity contribution is 7.89. The number of piperidine rings is 1. The molecule has 0 atom stereocenters. The van der Waals surface area contributed by atoms with Crippen molar-refractivity contribution in [1.82, 2.24) is 9.62 Å². The van der Waals surface area contributed by atoms with Crippen molar-refractivity contribution in [3.05, 3.63) is 26.7 Å². The van der Waals surface area contributed by atoms with Gasteiger partial charge in [-0.25, -0.2) is 13.1 Å². The second-order valence-corrected chi connectivity index (χ2v) is 8.95. The van der Waals surface area contributed by atoms with Crippen LogP contribution in [0.4, 0.5) is 0 Å². The molecule has 0 spiro atoms. The maximum absolute atomic E-state index is 12.7. The van der Waals surface area contributed by atoms with E-state index in [1.54, 1.807) is 6.92 Å². The van der Waals surface area contributed by atoms with E-state index >= 15 is 0 Å². The number of hydrogen-bond donors (Lipinski definition) is 2. The van der Waals surface area contributed by atoms with Crippen LogP contribution in [0.25, 0.3) is 0 Å². The molecule has 1 amide bonds. The monoisotopic (exact) mass is 428 g/mol. The molecule has 0 bridgehead atoms. The molecule has 2 rings (SSSR count). The number of rotatable bonds is 5. The van der Waals surface area contributed by atoms with Crippen molar-refractivity contribution in [3.63, 3.8) is 0 Å². The third kappa shape index (κ3) is 4.92. The second-order valence-electron chi connectivity index (χ2n) is 5.88. The van der Waals surface area contributed by atoms with Gasteiger partial charge in [0.1, 0.15) is 11.3 Å². The Balaban J connectivity index is 2.08. The van der Waals surface area contributed by atoms with Gasteiger partial charge in [-0.2, -0.15) is 0 Å². The van der Waals surface area contributed by atoms with Crippen molar-refractivity contribution in [2.24, 2.45) is 0 Å². The minimum Gasteiger partial charge on any atom is -0.505 e. The Morgan fingerprint density at radius 1 is 1.28 bits per heavy atom. The molecule has 1 aromatic rings. The maximum atomic E-state index is 12.7. The van der Waals surface area contributed by atoms with Crippen LogP contribution in [0.1, 0.15) is 36.5 Å². The van der Waals surface area contributed by atoms with Crippen molar-refractivity contribution in [3.8, 4) is 5.75 Å². The minimum absolute atomic E-state index is 0.0556. The summed E-state index contributed by atoms with van der Waals surface area (Å²) in [4.78, 5) is 14.2. The smallest absolute Gasteiger partial charge is 0.259 e. The number of hydrogen-bond acceptors (Lipinski definition) is 4. The molecule has 6 nitrogen and oxygen atoms in total. The van der Waals surface area contributed by atoms with Crippen molar-refractivity contribution < 1.29 is 18.3 Å². The molecule has 2 N–H and O–H groups in total. The Kier molecular flexibility index (Phi) is 6.84. The molecule has 1 heterocycles. The van der Waals surface area contributed by atoms with Crippen molar-refractivity contribution in [2.45, 2.75) is 32.2 Å². The predicted octanol–water partition coefficient (Wildman–Crippen LogP) is 3.29. The van der Waals surface area contributed by atoms with Crippen molar-refractivity contribution >= 4 is 50.7 Å². The van der Waals surface area contributed by atoms with Crippen molar-refractivity contribution in [1.29, 1.82) is 0 Å². The molecule has 25 heavy (non-hydrogen) atoms. The van der Waals surface area contributed by atoms with Crippen LogP contribution in [0.3, 0.4) is 0 Å². The van der Waals surface area contributed by atoms with Crippen LogP contribution in [0.5, 0.6) is 5.75 Å². The van der Waals surface area contributed by atoms with E-state index in [1.165, 1.54) is 11.0 Å². The fraction of sp³-hybridized carbons (Fsp3) is 0.533. The Morgan fingerprint density at radius 3 is 2.44 bits per heavy atom. The molecule has 0 aliphatic carbocycles.